The molecule has 0 spiro atoms. The highest BCUT2D eigenvalue weighted by molar-refractivity contribution is 5.74. The molecule has 0 saturated heterocycles. The van der Waals surface area contributed by atoms with E-state index < -0.39 is 0 Å². The minimum atomic E-state index is 0.432. The van der Waals surface area contributed by atoms with Gasteiger partial charge in [-0.25, -0.2) is 9.97 Å². The van der Waals surface area contributed by atoms with Crippen LogP contribution in [0.25, 0.3) is 11.2 Å². The van der Waals surface area contributed by atoms with Crippen molar-refractivity contribution in [2.75, 3.05) is 5.73 Å². The van der Waals surface area contributed by atoms with Crippen LogP contribution in [-0.2, 0) is 6.54 Å². The van der Waals surface area contributed by atoms with Gasteiger partial charge in [-0.2, -0.15) is 0 Å². The highest BCUT2D eigenvalue weighted by Gasteiger charge is 2.10. The van der Waals surface area contributed by atoms with Crippen molar-refractivity contribution in [3.8, 4) is 0 Å². The molecule has 3 rings (SSSR count). The molecule has 86 valence electrons. The Labute approximate surface area is 97.1 Å². The predicted octanol–water partition coefficient (Wildman–Crippen LogP) is 1.36. The molecule has 0 aliphatic carbocycles. The SMILES string of the molecule is Cc1cnc2c(c1)nc(N)n2Cc1ccon1. The van der Waals surface area contributed by atoms with Gasteiger partial charge in [0, 0.05) is 12.3 Å². The van der Waals surface area contributed by atoms with Gasteiger partial charge in [-0.05, 0) is 18.6 Å². The van der Waals surface area contributed by atoms with Crippen LogP contribution in [0.1, 0.15) is 11.3 Å². The van der Waals surface area contributed by atoms with E-state index in [0.717, 1.165) is 22.4 Å². The maximum Gasteiger partial charge on any atom is 0.202 e. The number of fused-ring (bicyclic) bond motifs is 1. The Kier molecular flexibility index (Phi) is 2.07. The number of anilines is 1. The van der Waals surface area contributed by atoms with Crippen LogP contribution in [0.4, 0.5) is 5.95 Å². The summed E-state index contributed by atoms with van der Waals surface area (Å²) < 4.78 is 6.60. The maximum absolute atomic E-state index is 5.87. The molecule has 0 aliphatic heterocycles. The lowest BCUT2D eigenvalue weighted by Crippen LogP contribution is -2.05. The first-order chi connectivity index (χ1) is 8.24. The molecule has 0 aromatic carbocycles. The summed E-state index contributed by atoms with van der Waals surface area (Å²) in [6, 6.07) is 3.75. The number of nitrogens with two attached hydrogens (primary N) is 1. The van der Waals surface area contributed by atoms with E-state index in [4.69, 9.17) is 10.3 Å². The monoisotopic (exact) mass is 229 g/mol. The zero-order valence-electron chi connectivity index (χ0n) is 9.29. The number of aromatic nitrogens is 4. The van der Waals surface area contributed by atoms with E-state index in [0.29, 0.717) is 12.5 Å². The number of rotatable bonds is 2. The topological polar surface area (TPSA) is 82.8 Å². The van der Waals surface area contributed by atoms with E-state index >= 15 is 0 Å². The molecule has 0 atom stereocenters. The number of imidazole rings is 1. The number of nitrogen functional groups attached to an aromatic ring is 1. The van der Waals surface area contributed by atoms with Gasteiger partial charge in [0.25, 0.3) is 0 Å². The van der Waals surface area contributed by atoms with Crippen LogP contribution >= 0.6 is 0 Å². The fraction of sp³-hybridized carbons (Fsp3) is 0.182. The molecule has 3 aromatic rings. The summed E-state index contributed by atoms with van der Waals surface area (Å²) in [4.78, 5) is 8.62. The molecule has 3 heterocycles. The standard InChI is InChI=1S/C11H11N5O/c1-7-4-9-10(13-5-7)16(11(12)14-9)6-8-2-3-17-15-8/h2-5H,6H2,1H3,(H2,12,14). The summed E-state index contributed by atoms with van der Waals surface area (Å²) in [7, 11) is 0. The highest BCUT2D eigenvalue weighted by Crippen LogP contribution is 2.17. The predicted molar refractivity (Wildman–Crippen MR) is 62.3 cm³/mol. The third kappa shape index (κ3) is 1.63. The molecule has 2 N–H and O–H groups in total. The third-order valence-electron chi connectivity index (χ3n) is 2.56. The summed E-state index contributed by atoms with van der Waals surface area (Å²) in [5, 5.41) is 3.85. The van der Waals surface area contributed by atoms with Gasteiger partial charge in [-0.1, -0.05) is 5.16 Å². The van der Waals surface area contributed by atoms with Crippen molar-refractivity contribution in [2.45, 2.75) is 13.5 Å². The Morgan fingerprint density at radius 1 is 1.47 bits per heavy atom. The van der Waals surface area contributed by atoms with Gasteiger partial charge in [0.2, 0.25) is 5.95 Å². The third-order valence-corrected chi connectivity index (χ3v) is 2.56. The molecule has 0 saturated carbocycles. The Hall–Kier alpha value is -2.37. The van der Waals surface area contributed by atoms with E-state index in [2.05, 4.69) is 15.1 Å². The lowest BCUT2D eigenvalue weighted by Gasteiger charge is -2.02. The van der Waals surface area contributed by atoms with Crippen LogP contribution in [0, 0.1) is 6.92 Å². The summed E-state index contributed by atoms with van der Waals surface area (Å²) in [5.74, 6) is 0.432. The van der Waals surface area contributed by atoms with Crippen molar-refractivity contribution in [3.05, 3.63) is 35.9 Å². The summed E-state index contributed by atoms with van der Waals surface area (Å²) in [5.41, 5.74) is 9.28. The van der Waals surface area contributed by atoms with Crippen LogP contribution in [-0.4, -0.2) is 19.7 Å². The Bertz CT molecular complexity index is 656. The lowest BCUT2D eigenvalue weighted by atomic mass is 10.3. The largest absolute Gasteiger partial charge is 0.369 e. The number of hydrogen-bond acceptors (Lipinski definition) is 5. The molecule has 17 heavy (non-hydrogen) atoms. The van der Waals surface area contributed by atoms with Gasteiger partial charge >= 0.3 is 0 Å². The van der Waals surface area contributed by atoms with Crippen LogP contribution in [0.5, 0.6) is 0 Å². The number of nitrogens with zero attached hydrogens (tertiary/aromatic N) is 4. The second kappa shape index (κ2) is 3.58. The van der Waals surface area contributed by atoms with Crippen molar-refractivity contribution in [2.24, 2.45) is 0 Å². The minimum absolute atomic E-state index is 0.432. The van der Waals surface area contributed by atoms with Gasteiger partial charge in [0.05, 0.1) is 6.54 Å². The zero-order chi connectivity index (χ0) is 11.8. The molecule has 3 aromatic heterocycles. The van der Waals surface area contributed by atoms with Crippen molar-refractivity contribution >= 4 is 17.1 Å². The van der Waals surface area contributed by atoms with Crippen molar-refractivity contribution in [1.29, 1.82) is 0 Å². The second-order valence-electron chi connectivity index (χ2n) is 3.90. The minimum Gasteiger partial charge on any atom is -0.369 e. The highest BCUT2D eigenvalue weighted by atomic mass is 16.5. The lowest BCUT2D eigenvalue weighted by molar-refractivity contribution is 0.410. The average molecular weight is 229 g/mol. The fourth-order valence-corrected chi connectivity index (χ4v) is 1.77. The number of pyridine rings is 1. The van der Waals surface area contributed by atoms with E-state index in [1.54, 1.807) is 12.3 Å². The molecular weight excluding hydrogens is 218 g/mol. The van der Waals surface area contributed by atoms with E-state index in [1.807, 2.05) is 17.6 Å². The fourth-order valence-electron chi connectivity index (χ4n) is 1.77. The molecule has 6 heteroatoms. The maximum atomic E-state index is 5.87. The number of hydrogen-bond donors (Lipinski definition) is 1. The van der Waals surface area contributed by atoms with E-state index in [-0.39, 0.29) is 0 Å². The Balaban J connectivity index is 2.12. The van der Waals surface area contributed by atoms with E-state index in [1.165, 1.54) is 6.26 Å². The van der Waals surface area contributed by atoms with Gasteiger partial charge in [0.1, 0.15) is 17.5 Å². The quantitative estimate of drug-likeness (QED) is 0.717. The van der Waals surface area contributed by atoms with Gasteiger partial charge in [-0.15, -0.1) is 0 Å². The summed E-state index contributed by atoms with van der Waals surface area (Å²) in [6.07, 6.45) is 3.32. The first kappa shape index (κ1) is 9.83. The zero-order valence-corrected chi connectivity index (χ0v) is 9.29. The van der Waals surface area contributed by atoms with Gasteiger partial charge in [0.15, 0.2) is 5.65 Å². The van der Waals surface area contributed by atoms with Gasteiger partial charge < -0.3 is 10.3 Å². The molecule has 0 radical (unpaired) electrons. The molecule has 0 bridgehead atoms. The second-order valence-corrected chi connectivity index (χ2v) is 3.90. The van der Waals surface area contributed by atoms with Crippen LogP contribution in [0.3, 0.4) is 0 Å². The average Bonchev–Trinajstić information content (AvgIpc) is 2.88. The molecule has 0 unspecified atom stereocenters. The first-order valence-corrected chi connectivity index (χ1v) is 5.21. The molecule has 0 amide bonds. The molecular formula is C11H11N5O. The van der Waals surface area contributed by atoms with Crippen molar-refractivity contribution < 1.29 is 4.52 Å². The smallest absolute Gasteiger partial charge is 0.202 e. The summed E-state index contributed by atoms with van der Waals surface area (Å²) in [6.45, 7) is 2.48. The molecule has 6 nitrogen and oxygen atoms in total. The van der Waals surface area contributed by atoms with Gasteiger partial charge in [-0.3, -0.25) is 4.57 Å². The van der Waals surface area contributed by atoms with Crippen LogP contribution in [0.2, 0.25) is 0 Å². The Morgan fingerprint density at radius 2 is 2.35 bits per heavy atom. The Morgan fingerprint density at radius 3 is 3.12 bits per heavy atom. The molecule has 0 aliphatic rings. The van der Waals surface area contributed by atoms with Crippen LogP contribution in [0.15, 0.2) is 29.1 Å². The summed E-state index contributed by atoms with van der Waals surface area (Å²) >= 11 is 0. The first-order valence-electron chi connectivity index (χ1n) is 5.21. The normalized spacial score (nSPS) is 11.1. The molecule has 0 fully saturated rings. The van der Waals surface area contributed by atoms with Crippen molar-refractivity contribution in [1.82, 2.24) is 19.7 Å². The van der Waals surface area contributed by atoms with Crippen LogP contribution < -0.4 is 5.73 Å². The van der Waals surface area contributed by atoms with Crippen molar-refractivity contribution in [3.63, 3.8) is 0 Å². The van der Waals surface area contributed by atoms with E-state index in [9.17, 15) is 0 Å². The number of aryl methyl sites for hydroxylation is 1.